The molecular formula is C15H22F2N2O. The summed E-state index contributed by atoms with van der Waals surface area (Å²) < 4.78 is 26.4. The van der Waals surface area contributed by atoms with Crippen molar-refractivity contribution in [1.82, 2.24) is 9.80 Å². The second-order valence-electron chi connectivity index (χ2n) is 5.78. The molecule has 1 aliphatic rings. The summed E-state index contributed by atoms with van der Waals surface area (Å²) in [5, 5.41) is 9.41. The molecule has 1 saturated heterocycles. The molecule has 5 heteroatoms. The van der Waals surface area contributed by atoms with E-state index in [2.05, 4.69) is 9.80 Å². The first-order valence-corrected chi connectivity index (χ1v) is 6.94. The molecule has 1 aromatic carbocycles. The minimum absolute atomic E-state index is 0.186. The summed E-state index contributed by atoms with van der Waals surface area (Å²) in [6.07, 6.45) is 0.900. The minimum atomic E-state index is -0.533. The normalized spacial score (nSPS) is 24.3. The van der Waals surface area contributed by atoms with Gasteiger partial charge in [0.2, 0.25) is 0 Å². The van der Waals surface area contributed by atoms with E-state index in [1.165, 1.54) is 12.1 Å². The number of hydrogen-bond donors (Lipinski definition) is 1. The lowest BCUT2D eigenvalue weighted by Crippen LogP contribution is -2.51. The summed E-state index contributed by atoms with van der Waals surface area (Å²) in [7, 11) is 4.00. The number of aliphatic hydroxyl groups is 1. The highest BCUT2D eigenvalue weighted by molar-refractivity contribution is 5.18. The summed E-state index contributed by atoms with van der Waals surface area (Å²) in [5.74, 6) is -0.797. The van der Waals surface area contributed by atoms with E-state index < -0.39 is 11.6 Å². The van der Waals surface area contributed by atoms with Crippen molar-refractivity contribution in [1.29, 1.82) is 0 Å². The van der Waals surface area contributed by atoms with Crippen LogP contribution in [0.5, 0.6) is 0 Å². The van der Waals surface area contributed by atoms with Crippen molar-refractivity contribution in [3.05, 3.63) is 35.4 Å². The molecule has 0 saturated carbocycles. The average Bonchev–Trinajstić information content (AvgIpc) is 2.37. The number of likely N-dealkylation sites (tertiary alicyclic amines) is 1. The van der Waals surface area contributed by atoms with Crippen molar-refractivity contribution >= 4 is 0 Å². The molecule has 0 amide bonds. The number of hydrogen-bond acceptors (Lipinski definition) is 3. The van der Waals surface area contributed by atoms with Gasteiger partial charge in [-0.3, -0.25) is 4.90 Å². The van der Waals surface area contributed by atoms with Gasteiger partial charge in [-0.2, -0.15) is 0 Å². The van der Waals surface area contributed by atoms with Crippen molar-refractivity contribution in [2.24, 2.45) is 5.92 Å². The zero-order valence-electron chi connectivity index (χ0n) is 12.0. The quantitative estimate of drug-likeness (QED) is 0.912. The molecule has 0 bridgehead atoms. The minimum Gasteiger partial charge on any atom is -0.396 e. The van der Waals surface area contributed by atoms with Crippen molar-refractivity contribution in [3.63, 3.8) is 0 Å². The van der Waals surface area contributed by atoms with E-state index in [-0.39, 0.29) is 18.6 Å². The van der Waals surface area contributed by atoms with Crippen molar-refractivity contribution in [2.75, 3.05) is 33.8 Å². The topological polar surface area (TPSA) is 26.7 Å². The Balaban J connectivity index is 2.03. The van der Waals surface area contributed by atoms with Crippen LogP contribution in [-0.2, 0) is 6.54 Å². The maximum absolute atomic E-state index is 13.2. The second-order valence-corrected chi connectivity index (χ2v) is 5.78. The highest BCUT2D eigenvalue weighted by atomic mass is 19.1. The third-order valence-corrected chi connectivity index (χ3v) is 4.03. The third kappa shape index (κ3) is 3.75. The Hall–Kier alpha value is -1.04. The predicted octanol–water partition coefficient (Wildman–Crippen LogP) is 1.71. The summed E-state index contributed by atoms with van der Waals surface area (Å²) in [5.41, 5.74) is 0.655. The number of nitrogens with zero attached hydrogens (tertiary/aromatic N) is 2. The van der Waals surface area contributed by atoms with Gasteiger partial charge in [0.15, 0.2) is 0 Å². The Kier molecular flexibility index (Phi) is 5.07. The van der Waals surface area contributed by atoms with Gasteiger partial charge in [-0.25, -0.2) is 8.78 Å². The van der Waals surface area contributed by atoms with Crippen LogP contribution in [-0.4, -0.2) is 54.7 Å². The fraction of sp³-hybridized carbons (Fsp3) is 0.600. The van der Waals surface area contributed by atoms with Crippen LogP contribution in [0.2, 0.25) is 0 Å². The summed E-state index contributed by atoms with van der Waals surface area (Å²) in [6.45, 7) is 2.37. The Labute approximate surface area is 118 Å². The highest BCUT2D eigenvalue weighted by Gasteiger charge is 2.30. The lowest BCUT2D eigenvalue weighted by molar-refractivity contribution is 0.0460. The van der Waals surface area contributed by atoms with Gasteiger partial charge in [0, 0.05) is 31.8 Å². The number of halogens is 2. The standard InChI is InChI=1S/C15H22F2N2O/c1-18(2)15-9-19(4-3-12(15)10-20)8-11-5-13(16)7-14(17)6-11/h5-7,12,15,20H,3-4,8-10H2,1-2H3/t12-,15-/m1/s1. The Morgan fingerprint density at radius 1 is 1.25 bits per heavy atom. The molecule has 0 aromatic heterocycles. The largest absolute Gasteiger partial charge is 0.396 e. The number of rotatable bonds is 4. The predicted molar refractivity (Wildman–Crippen MR) is 74.3 cm³/mol. The van der Waals surface area contributed by atoms with Crippen LogP contribution in [0.1, 0.15) is 12.0 Å². The monoisotopic (exact) mass is 284 g/mol. The van der Waals surface area contributed by atoms with E-state index in [1.54, 1.807) is 0 Å². The van der Waals surface area contributed by atoms with E-state index in [4.69, 9.17) is 0 Å². The SMILES string of the molecule is CN(C)[C@@H]1CN(Cc2cc(F)cc(F)c2)CC[C@@H]1CO. The van der Waals surface area contributed by atoms with Crippen LogP contribution >= 0.6 is 0 Å². The van der Waals surface area contributed by atoms with Crippen LogP contribution in [0.3, 0.4) is 0 Å². The van der Waals surface area contributed by atoms with Gasteiger partial charge < -0.3 is 10.0 Å². The molecule has 0 unspecified atom stereocenters. The zero-order chi connectivity index (χ0) is 14.7. The van der Waals surface area contributed by atoms with Gasteiger partial charge in [-0.1, -0.05) is 0 Å². The fourth-order valence-corrected chi connectivity index (χ4v) is 2.95. The molecule has 3 nitrogen and oxygen atoms in total. The molecule has 2 atom stereocenters. The van der Waals surface area contributed by atoms with Gasteiger partial charge in [0.05, 0.1) is 0 Å². The molecule has 20 heavy (non-hydrogen) atoms. The Bertz CT molecular complexity index is 433. The second kappa shape index (κ2) is 6.61. The highest BCUT2D eigenvalue weighted by Crippen LogP contribution is 2.22. The average molecular weight is 284 g/mol. The number of likely N-dealkylation sites (N-methyl/N-ethyl adjacent to an activating group) is 1. The smallest absolute Gasteiger partial charge is 0.126 e. The van der Waals surface area contributed by atoms with E-state index in [0.717, 1.165) is 25.6 Å². The Morgan fingerprint density at radius 2 is 1.90 bits per heavy atom. The Morgan fingerprint density at radius 3 is 2.45 bits per heavy atom. The number of aliphatic hydroxyl groups excluding tert-OH is 1. The van der Waals surface area contributed by atoms with Crippen molar-refractivity contribution in [3.8, 4) is 0 Å². The first-order chi connectivity index (χ1) is 9.49. The van der Waals surface area contributed by atoms with Crippen LogP contribution in [0, 0.1) is 17.6 Å². The molecular weight excluding hydrogens is 262 g/mol. The molecule has 112 valence electrons. The molecule has 1 aliphatic heterocycles. The molecule has 0 aliphatic carbocycles. The van der Waals surface area contributed by atoms with Gasteiger partial charge in [0.25, 0.3) is 0 Å². The third-order valence-electron chi connectivity index (χ3n) is 4.03. The van der Waals surface area contributed by atoms with Crippen LogP contribution in [0.4, 0.5) is 8.78 Å². The van der Waals surface area contributed by atoms with E-state index >= 15 is 0 Å². The van der Waals surface area contributed by atoms with E-state index in [1.807, 2.05) is 14.1 Å². The first-order valence-electron chi connectivity index (χ1n) is 6.94. The van der Waals surface area contributed by atoms with E-state index in [9.17, 15) is 13.9 Å². The number of piperidine rings is 1. The van der Waals surface area contributed by atoms with Crippen LogP contribution < -0.4 is 0 Å². The van der Waals surface area contributed by atoms with Crippen molar-refractivity contribution in [2.45, 2.75) is 19.0 Å². The van der Waals surface area contributed by atoms with Crippen LogP contribution in [0.25, 0.3) is 0 Å². The first kappa shape index (κ1) is 15.4. The fourth-order valence-electron chi connectivity index (χ4n) is 2.95. The molecule has 1 aromatic rings. The summed E-state index contributed by atoms with van der Waals surface area (Å²) in [6, 6.07) is 3.93. The summed E-state index contributed by atoms with van der Waals surface area (Å²) in [4.78, 5) is 4.30. The maximum atomic E-state index is 13.2. The van der Waals surface area contributed by atoms with E-state index in [0.29, 0.717) is 12.1 Å². The number of benzene rings is 1. The summed E-state index contributed by atoms with van der Waals surface area (Å²) >= 11 is 0. The van der Waals surface area contributed by atoms with Gasteiger partial charge in [-0.15, -0.1) is 0 Å². The lowest BCUT2D eigenvalue weighted by atomic mass is 9.91. The van der Waals surface area contributed by atoms with Crippen molar-refractivity contribution < 1.29 is 13.9 Å². The molecule has 1 N–H and O–H groups in total. The molecule has 2 rings (SSSR count). The lowest BCUT2D eigenvalue weighted by Gasteiger charge is -2.41. The molecule has 1 heterocycles. The zero-order valence-corrected chi connectivity index (χ0v) is 12.0. The maximum Gasteiger partial charge on any atom is 0.126 e. The van der Waals surface area contributed by atoms with Gasteiger partial charge >= 0.3 is 0 Å². The van der Waals surface area contributed by atoms with Gasteiger partial charge in [0.1, 0.15) is 11.6 Å². The molecule has 0 radical (unpaired) electrons. The van der Waals surface area contributed by atoms with Crippen LogP contribution in [0.15, 0.2) is 18.2 Å². The van der Waals surface area contributed by atoms with Gasteiger partial charge in [-0.05, 0) is 50.7 Å². The molecule has 0 spiro atoms. The molecule has 1 fully saturated rings.